The zero-order valence-electron chi connectivity index (χ0n) is 9.41. The molecule has 0 atom stereocenters. The number of rotatable bonds is 6. The van der Waals surface area contributed by atoms with Crippen molar-refractivity contribution in [2.45, 2.75) is 6.54 Å². The van der Waals surface area contributed by atoms with E-state index in [9.17, 15) is 0 Å². The van der Waals surface area contributed by atoms with Gasteiger partial charge in [-0.15, -0.1) is 0 Å². The Balaban J connectivity index is 1.61. The van der Waals surface area contributed by atoms with Gasteiger partial charge in [-0.05, 0) is 11.6 Å². The van der Waals surface area contributed by atoms with E-state index in [0.717, 1.165) is 18.7 Å². The van der Waals surface area contributed by atoms with E-state index in [1.165, 1.54) is 6.33 Å². The molecule has 2 aromatic rings. The molecule has 0 radical (unpaired) electrons. The van der Waals surface area contributed by atoms with Crippen LogP contribution in [0.15, 0.2) is 43.2 Å². The van der Waals surface area contributed by atoms with Gasteiger partial charge in [0.1, 0.15) is 12.9 Å². The van der Waals surface area contributed by atoms with Gasteiger partial charge in [0.05, 0.1) is 12.4 Å². The maximum atomic E-state index is 5.44. The summed E-state index contributed by atoms with van der Waals surface area (Å²) in [6.07, 6.45) is 8.39. The average molecular weight is 230 g/mol. The maximum Gasteiger partial charge on any atom is 0.155 e. The molecule has 0 bridgehead atoms. The monoisotopic (exact) mass is 230 g/mol. The summed E-state index contributed by atoms with van der Waals surface area (Å²) < 4.78 is 5.44. The lowest BCUT2D eigenvalue weighted by Crippen LogP contribution is -2.20. The first-order valence-corrected chi connectivity index (χ1v) is 5.42. The number of nitrogens with zero attached hydrogens (tertiary/aromatic N) is 3. The number of nitrogens with one attached hydrogen (secondary N) is 1. The minimum absolute atomic E-state index is 0.591. The quantitative estimate of drug-likeness (QED) is 0.751. The number of pyridine rings is 1. The van der Waals surface area contributed by atoms with Gasteiger partial charge in [-0.2, -0.15) is 0 Å². The smallest absolute Gasteiger partial charge is 0.155 e. The highest BCUT2D eigenvalue weighted by Gasteiger charge is 1.94. The fourth-order valence-corrected chi connectivity index (χ4v) is 1.34. The van der Waals surface area contributed by atoms with E-state index in [2.05, 4.69) is 20.3 Å². The van der Waals surface area contributed by atoms with Gasteiger partial charge in [-0.25, -0.2) is 9.97 Å². The van der Waals surface area contributed by atoms with Crippen molar-refractivity contribution in [3.63, 3.8) is 0 Å². The lowest BCUT2D eigenvalue weighted by atomic mass is 10.3. The summed E-state index contributed by atoms with van der Waals surface area (Å²) in [6, 6.07) is 3.96. The first-order chi connectivity index (χ1) is 8.45. The maximum absolute atomic E-state index is 5.44. The van der Waals surface area contributed by atoms with Crippen molar-refractivity contribution in [1.29, 1.82) is 0 Å². The van der Waals surface area contributed by atoms with Crippen LogP contribution in [0.4, 0.5) is 0 Å². The molecule has 17 heavy (non-hydrogen) atoms. The topological polar surface area (TPSA) is 59.9 Å². The fourth-order valence-electron chi connectivity index (χ4n) is 1.34. The Morgan fingerprint density at radius 2 is 2.00 bits per heavy atom. The summed E-state index contributed by atoms with van der Waals surface area (Å²) in [7, 11) is 0. The van der Waals surface area contributed by atoms with E-state index in [1.54, 1.807) is 18.6 Å². The van der Waals surface area contributed by atoms with Crippen molar-refractivity contribution < 1.29 is 4.74 Å². The highest BCUT2D eigenvalue weighted by atomic mass is 16.5. The average Bonchev–Trinajstić information content (AvgIpc) is 2.41. The predicted molar refractivity (Wildman–Crippen MR) is 63.5 cm³/mol. The second-order valence-electron chi connectivity index (χ2n) is 3.46. The minimum Gasteiger partial charge on any atom is -0.489 e. The van der Waals surface area contributed by atoms with Crippen LogP contribution in [-0.4, -0.2) is 28.1 Å². The molecule has 5 nitrogen and oxygen atoms in total. The lowest BCUT2D eigenvalue weighted by molar-refractivity contribution is 0.311. The van der Waals surface area contributed by atoms with E-state index >= 15 is 0 Å². The van der Waals surface area contributed by atoms with Crippen LogP contribution < -0.4 is 10.1 Å². The molecular weight excluding hydrogens is 216 g/mol. The highest BCUT2D eigenvalue weighted by molar-refractivity contribution is 5.10. The molecular formula is C12H14N4O. The van der Waals surface area contributed by atoms with Crippen LogP contribution in [-0.2, 0) is 6.54 Å². The normalized spacial score (nSPS) is 10.1. The molecule has 1 N–H and O–H groups in total. The molecule has 2 heterocycles. The number of hydrogen-bond donors (Lipinski definition) is 1. The second kappa shape index (κ2) is 6.55. The molecule has 0 unspecified atom stereocenters. The Bertz CT molecular complexity index is 380. The first-order valence-electron chi connectivity index (χ1n) is 5.42. The van der Waals surface area contributed by atoms with Gasteiger partial charge in [0, 0.05) is 25.5 Å². The third-order valence-corrected chi connectivity index (χ3v) is 2.14. The van der Waals surface area contributed by atoms with Crippen molar-refractivity contribution >= 4 is 0 Å². The zero-order chi connectivity index (χ0) is 11.8. The molecule has 2 rings (SSSR count). The van der Waals surface area contributed by atoms with Crippen molar-refractivity contribution in [2.75, 3.05) is 13.2 Å². The Morgan fingerprint density at radius 3 is 2.76 bits per heavy atom. The number of hydrogen-bond acceptors (Lipinski definition) is 5. The molecule has 0 aromatic carbocycles. The third-order valence-electron chi connectivity index (χ3n) is 2.14. The Kier molecular flexibility index (Phi) is 4.42. The predicted octanol–water partition coefficient (Wildman–Crippen LogP) is 1.04. The van der Waals surface area contributed by atoms with Crippen LogP contribution in [0.1, 0.15) is 5.56 Å². The number of aromatic nitrogens is 3. The van der Waals surface area contributed by atoms with E-state index in [1.807, 2.05) is 18.3 Å². The zero-order valence-corrected chi connectivity index (χ0v) is 9.41. The van der Waals surface area contributed by atoms with Gasteiger partial charge in [0.25, 0.3) is 0 Å². The van der Waals surface area contributed by atoms with Crippen LogP contribution in [0, 0.1) is 0 Å². The lowest BCUT2D eigenvalue weighted by Gasteiger charge is -2.06. The van der Waals surface area contributed by atoms with Gasteiger partial charge in [-0.1, -0.05) is 6.07 Å². The van der Waals surface area contributed by atoms with Gasteiger partial charge in [0.15, 0.2) is 5.75 Å². The summed E-state index contributed by atoms with van der Waals surface area (Å²) in [5, 5.41) is 3.27. The van der Waals surface area contributed by atoms with Crippen LogP contribution in [0.5, 0.6) is 5.75 Å². The van der Waals surface area contributed by atoms with Crippen molar-refractivity contribution in [2.24, 2.45) is 0 Å². The molecule has 0 fully saturated rings. The van der Waals surface area contributed by atoms with Crippen LogP contribution in [0.3, 0.4) is 0 Å². The van der Waals surface area contributed by atoms with Gasteiger partial charge >= 0.3 is 0 Å². The molecule has 5 heteroatoms. The Morgan fingerprint density at radius 1 is 1.12 bits per heavy atom. The molecule has 88 valence electrons. The molecule has 0 spiro atoms. The van der Waals surface area contributed by atoms with E-state index < -0.39 is 0 Å². The molecule has 0 saturated carbocycles. The van der Waals surface area contributed by atoms with Crippen molar-refractivity contribution in [3.8, 4) is 5.75 Å². The second-order valence-corrected chi connectivity index (χ2v) is 3.46. The fraction of sp³-hybridized carbons (Fsp3) is 0.250. The van der Waals surface area contributed by atoms with Crippen LogP contribution >= 0.6 is 0 Å². The summed E-state index contributed by atoms with van der Waals surface area (Å²) >= 11 is 0. The van der Waals surface area contributed by atoms with E-state index in [4.69, 9.17) is 4.74 Å². The SMILES string of the molecule is c1cncc(CNCCOc2cncnc2)c1. The summed E-state index contributed by atoms with van der Waals surface area (Å²) in [5.74, 6) is 0.690. The Hall–Kier alpha value is -2.01. The summed E-state index contributed by atoms with van der Waals surface area (Å²) in [4.78, 5) is 11.8. The molecule has 0 aliphatic heterocycles. The standard InChI is InChI=1S/C12H14N4O/c1-2-11(6-13-3-1)7-14-4-5-17-12-8-15-10-16-9-12/h1-3,6,8-10,14H,4-5,7H2. The first kappa shape index (κ1) is 11.5. The highest BCUT2D eigenvalue weighted by Crippen LogP contribution is 2.02. The van der Waals surface area contributed by atoms with Gasteiger partial charge in [0.2, 0.25) is 0 Å². The van der Waals surface area contributed by atoms with Crippen LogP contribution in [0.2, 0.25) is 0 Å². The third kappa shape index (κ3) is 4.16. The van der Waals surface area contributed by atoms with Crippen molar-refractivity contribution in [1.82, 2.24) is 20.3 Å². The van der Waals surface area contributed by atoms with Crippen molar-refractivity contribution in [3.05, 3.63) is 48.8 Å². The summed E-state index contributed by atoms with van der Waals surface area (Å²) in [5.41, 5.74) is 1.16. The number of ether oxygens (including phenoxy) is 1. The minimum atomic E-state index is 0.591. The molecule has 0 aliphatic rings. The molecule has 2 aromatic heterocycles. The molecule has 0 amide bonds. The summed E-state index contributed by atoms with van der Waals surface area (Å²) in [6.45, 7) is 2.15. The van der Waals surface area contributed by atoms with E-state index in [0.29, 0.717) is 12.4 Å². The molecule has 0 saturated heterocycles. The molecule has 0 aliphatic carbocycles. The Labute approximate surface area is 99.9 Å². The van der Waals surface area contributed by atoms with Crippen LogP contribution in [0.25, 0.3) is 0 Å². The van der Waals surface area contributed by atoms with Gasteiger partial charge < -0.3 is 10.1 Å². The van der Waals surface area contributed by atoms with E-state index in [-0.39, 0.29) is 0 Å². The largest absolute Gasteiger partial charge is 0.489 e. The van der Waals surface area contributed by atoms with Gasteiger partial charge in [-0.3, -0.25) is 4.98 Å².